The average Bonchev–Trinajstić information content (AvgIpc) is 3.10. The Bertz CT molecular complexity index is 789. The Labute approximate surface area is 148 Å². The molecule has 1 aromatic carbocycles. The van der Waals surface area contributed by atoms with Gasteiger partial charge in [0.2, 0.25) is 5.88 Å². The molecular formula is C17H17N3O4S. The predicted octanol–water partition coefficient (Wildman–Crippen LogP) is 3.43. The van der Waals surface area contributed by atoms with Crippen molar-refractivity contribution in [3.63, 3.8) is 0 Å². The number of nitrogens with zero attached hydrogens (tertiary/aromatic N) is 2. The molecule has 2 aromatic rings. The molecule has 1 aromatic heterocycles. The van der Waals surface area contributed by atoms with Crippen LogP contribution >= 0.6 is 11.8 Å². The summed E-state index contributed by atoms with van der Waals surface area (Å²) >= 11 is 1.86. The van der Waals surface area contributed by atoms with Crippen LogP contribution in [0.2, 0.25) is 0 Å². The monoisotopic (exact) mass is 359 g/mol. The minimum absolute atomic E-state index is 0.0104. The van der Waals surface area contributed by atoms with E-state index in [0.717, 1.165) is 17.9 Å². The van der Waals surface area contributed by atoms with Gasteiger partial charge in [-0.2, -0.15) is 11.8 Å². The second-order valence-corrected chi connectivity index (χ2v) is 6.85. The van der Waals surface area contributed by atoms with E-state index in [1.54, 1.807) is 19.1 Å². The Hall–Kier alpha value is -2.61. The largest absolute Gasteiger partial charge is 0.473 e. The Morgan fingerprint density at radius 3 is 2.84 bits per heavy atom. The number of hydrogen-bond donors (Lipinski definition) is 1. The van der Waals surface area contributed by atoms with Crippen molar-refractivity contribution in [1.29, 1.82) is 0 Å². The van der Waals surface area contributed by atoms with Gasteiger partial charge in [0.15, 0.2) is 0 Å². The van der Waals surface area contributed by atoms with Gasteiger partial charge in [0.1, 0.15) is 6.10 Å². The van der Waals surface area contributed by atoms with Crippen molar-refractivity contribution in [3.8, 4) is 5.88 Å². The van der Waals surface area contributed by atoms with Crippen molar-refractivity contribution >= 4 is 29.0 Å². The molecule has 1 aliphatic heterocycles. The second-order valence-electron chi connectivity index (χ2n) is 5.70. The van der Waals surface area contributed by atoms with Crippen LogP contribution in [0.3, 0.4) is 0 Å². The molecule has 8 heteroatoms. The summed E-state index contributed by atoms with van der Waals surface area (Å²) in [6.07, 6.45) is 2.65. The lowest BCUT2D eigenvalue weighted by molar-refractivity contribution is -0.384. The minimum Gasteiger partial charge on any atom is -0.473 e. The molecule has 2 heterocycles. The topological polar surface area (TPSA) is 94.4 Å². The number of benzene rings is 1. The molecule has 0 spiro atoms. The van der Waals surface area contributed by atoms with Gasteiger partial charge in [-0.3, -0.25) is 14.9 Å². The molecule has 25 heavy (non-hydrogen) atoms. The van der Waals surface area contributed by atoms with Crippen molar-refractivity contribution in [2.75, 3.05) is 16.8 Å². The van der Waals surface area contributed by atoms with E-state index in [1.807, 2.05) is 11.8 Å². The Balaban J connectivity index is 1.65. The molecule has 1 unspecified atom stereocenters. The maximum atomic E-state index is 12.3. The average molecular weight is 359 g/mol. The highest BCUT2D eigenvalue weighted by Crippen LogP contribution is 2.23. The van der Waals surface area contributed by atoms with Crippen LogP contribution in [0.1, 0.15) is 22.3 Å². The molecule has 1 atom stereocenters. The number of rotatable bonds is 5. The van der Waals surface area contributed by atoms with Crippen molar-refractivity contribution in [1.82, 2.24) is 4.98 Å². The van der Waals surface area contributed by atoms with Crippen LogP contribution in [0.15, 0.2) is 36.5 Å². The quantitative estimate of drug-likeness (QED) is 0.649. The number of aromatic nitrogens is 1. The number of carbonyl (C=O) groups is 1. The van der Waals surface area contributed by atoms with E-state index in [0.29, 0.717) is 22.7 Å². The number of carbonyl (C=O) groups excluding carboxylic acids is 1. The minimum atomic E-state index is -0.468. The Morgan fingerprint density at radius 2 is 2.24 bits per heavy atom. The molecular weight excluding hydrogens is 342 g/mol. The zero-order chi connectivity index (χ0) is 17.8. The fourth-order valence-corrected chi connectivity index (χ4v) is 3.55. The summed E-state index contributed by atoms with van der Waals surface area (Å²) in [5.41, 5.74) is 1.53. The van der Waals surface area contributed by atoms with Gasteiger partial charge in [-0.1, -0.05) is 0 Å². The van der Waals surface area contributed by atoms with E-state index in [9.17, 15) is 14.9 Å². The van der Waals surface area contributed by atoms with Gasteiger partial charge in [-0.05, 0) is 36.8 Å². The van der Waals surface area contributed by atoms with Gasteiger partial charge >= 0.3 is 0 Å². The number of non-ortho nitro benzene ring substituents is 1. The fourth-order valence-electron chi connectivity index (χ4n) is 2.46. The number of nitrogens with one attached hydrogen (secondary N) is 1. The zero-order valence-corrected chi connectivity index (χ0v) is 14.4. The summed E-state index contributed by atoms with van der Waals surface area (Å²) in [4.78, 5) is 26.8. The highest BCUT2D eigenvalue weighted by atomic mass is 32.2. The number of amides is 1. The number of nitro benzene ring substituents is 1. The number of ether oxygens (including phenoxy) is 1. The van der Waals surface area contributed by atoms with Gasteiger partial charge < -0.3 is 10.1 Å². The number of hydrogen-bond acceptors (Lipinski definition) is 6. The van der Waals surface area contributed by atoms with Crippen LogP contribution < -0.4 is 10.1 Å². The molecule has 1 N–H and O–H groups in total. The first-order valence-corrected chi connectivity index (χ1v) is 8.95. The van der Waals surface area contributed by atoms with E-state index >= 15 is 0 Å². The number of anilines is 1. The molecule has 1 saturated heterocycles. The van der Waals surface area contributed by atoms with Crippen molar-refractivity contribution in [2.45, 2.75) is 19.4 Å². The van der Waals surface area contributed by atoms with Crippen molar-refractivity contribution in [3.05, 3.63) is 57.8 Å². The first-order chi connectivity index (χ1) is 12.0. The standard InChI is InChI=1S/C17H17N3O4S/c1-11-8-13(20(22)23)3-4-15(11)19-17(21)12-2-5-16(18-9-12)24-14-6-7-25-10-14/h2-5,8-9,14H,6-7,10H2,1H3,(H,19,21). The SMILES string of the molecule is Cc1cc([N+](=O)[O-])ccc1NC(=O)c1ccc(OC2CCSC2)nc1. The number of aryl methyl sites for hydroxylation is 1. The third kappa shape index (κ3) is 4.27. The van der Waals surface area contributed by atoms with E-state index < -0.39 is 4.92 Å². The molecule has 0 aliphatic carbocycles. The van der Waals surface area contributed by atoms with Crippen molar-refractivity contribution in [2.24, 2.45) is 0 Å². The van der Waals surface area contributed by atoms with Crippen molar-refractivity contribution < 1.29 is 14.5 Å². The maximum absolute atomic E-state index is 12.3. The molecule has 0 bridgehead atoms. The zero-order valence-electron chi connectivity index (χ0n) is 13.6. The maximum Gasteiger partial charge on any atom is 0.269 e. The van der Waals surface area contributed by atoms with Crippen LogP contribution in [0, 0.1) is 17.0 Å². The normalized spacial score (nSPS) is 16.4. The number of nitro groups is 1. The molecule has 130 valence electrons. The number of pyridine rings is 1. The smallest absolute Gasteiger partial charge is 0.269 e. The van der Waals surface area contributed by atoms with E-state index in [4.69, 9.17) is 4.74 Å². The molecule has 1 aliphatic rings. The molecule has 0 saturated carbocycles. The second kappa shape index (κ2) is 7.52. The van der Waals surface area contributed by atoms with Gasteiger partial charge in [0, 0.05) is 35.8 Å². The lowest BCUT2D eigenvalue weighted by Gasteiger charge is -2.12. The highest BCUT2D eigenvalue weighted by molar-refractivity contribution is 7.99. The van der Waals surface area contributed by atoms with E-state index in [1.165, 1.54) is 24.4 Å². The first kappa shape index (κ1) is 17.2. The molecule has 1 amide bonds. The van der Waals surface area contributed by atoms with Gasteiger partial charge in [-0.25, -0.2) is 4.98 Å². The summed E-state index contributed by atoms with van der Waals surface area (Å²) < 4.78 is 5.76. The van der Waals surface area contributed by atoms with Crippen LogP contribution in [-0.2, 0) is 0 Å². The summed E-state index contributed by atoms with van der Waals surface area (Å²) in [6.45, 7) is 1.71. The highest BCUT2D eigenvalue weighted by Gasteiger charge is 2.18. The molecule has 7 nitrogen and oxygen atoms in total. The van der Waals surface area contributed by atoms with Crippen LogP contribution in [0.5, 0.6) is 5.88 Å². The molecule has 1 fully saturated rings. The molecule has 3 rings (SSSR count). The summed E-state index contributed by atoms with van der Waals surface area (Å²) in [6, 6.07) is 7.64. The molecule has 0 radical (unpaired) electrons. The van der Waals surface area contributed by atoms with Gasteiger partial charge in [0.05, 0.1) is 10.5 Å². The Morgan fingerprint density at radius 1 is 1.40 bits per heavy atom. The van der Waals surface area contributed by atoms with Gasteiger partial charge in [0.25, 0.3) is 11.6 Å². The third-order valence-electron chi connectivity index (χ3n) is 3.84. The number of thioether (sulfide) groups is 1. The summed E-state index contributed by atoms with van der Waals surface area (Å²) in [5.74, 6) is 2.24. The summed E-state index contributed by atoms with van der Waals surface area (Å²) in [5, 5.41) is 13.5. The van der Waals surface area contributed by atoms with Crippen LogP contribution in [0.25, 0.3) is 0 Å². The lowest BCUT2D eigenvalue weighted by Crippen LogP contribution is -2.16. The fraction of sp³-hybridized carbons (Fsp3) is 0.294. The van der Waals surface area contributed by atoms with Crippen LogP contribution in [-0.4, -0.2) is 33.4 Å². The van der Waals surface area contributed by atoms with Crippen LogP contribution in [0.4, 0.5) is 11.4 Å². The lowest BCUT2D eigenvalue weighted by atomic mass is 10.1. The Kier molecular flexibility index (Phi) is 5.18. The third-order valence-corrected chi connectivity index (χ3v) is 4.97. The predicted molar refractivity (Wildman–Crippen MR) is 96.4 cm³/mol. The first-order valence-electron chi connectivity index (χ1n) is 7.80. The van der Waals surface area contributed by atoms with E-state index in [-0.39, 0.29) is 17.7 Å². The summed E-state index contributed by atoms with van der Waals surface area (Å²) in [7, 11) is 0. The van der Waals surface area contributed by atoms with E-state index in [2.05, 4.69) is 10.3 Å². The van der Waals surface area contributed by atoms with Gasteiger partial charge in [-0.15, -0.1) is 0 Å².